The van der Waals surface area contributed by atoms with Crippen LogP contribution in [0.2, 0.25) is 0 Å². The van der Waals surface area contributed by atoms with Crippen LogP contribution in [0, 0.1) is 11.6 Å². The first-order chi connectivity index (χ1) is 14.0. The van der Waals surface area contributed by atoms with Gasteiger partial charge in [-0.3, -0.25) is 9.89 Å². The molecule has 2 saturated heterocycles. The van der Waals surface area contributed by atoms with E-state index in [1.807, 2.05) is 11.8 Å². The number of thioether (sulfide) groups is 1. The van der Waals surface area contributed by atoms with Crippen LogP contribution in [0.3, 0.4) is 0 Å². The van der Waals surface area contributed by atoms with Gasteiger partial charge in [-0.05, 0) is 50.6 Å². The van der Waals surface area contributed by atoms with Crippen molar-refractivity contribution >= 4 is 41.7 Å². The lowest BCUT2D eigenvalue weighted by molar-refractivity contribution is 0.0782. The number of likely N-dealkylation sites (tertiary alicyclic amines) is 1. The van der Waals surface area contributed by atoms with Gasteiger partial charge in [-0.15, -0.1) is 24.0 Å². The van der Waals surface area contributed by atoms with Crippen LogP contribution in [0.5, 0.6) is 0 Å². The number of ether oxygens (including phenoxy) is 1. The van der Waals surface area contributed by atoms with Crippen molar-refractivity contribution in [1.82, 2.24) is 15.5 Å². The van der Waals surface area contributed by atoms with E-state index in [1.54, 1.807) is 7.05 Å². The molecule has 0 amide bonds. The number of nitrogens with zero attached hydrogens (tertiary/aromatic N) is 2. The third-order valence-electron chi connectivity index (χ3n) is 5.93. The van der Waals surface area contributed by atoms with E-state index < -0.39 is 11.6 Å². The number of rotatable bonds is 6. The first-order valence-corrected chi connectivity index (χ1v) is 11.5. The first-order valence-electron chi connectivity index (χ1n) is 10.3. The molecule has 0 spiro atoms. The van der Waals surface area contributed by atoms with Gasteiger partial charge in [-0.25, -0.2) is 8.78 Å². The van der Waals surface area contributed by atoms with Gasteiger partial charge in [0.2, 0.25) is 0 Å². The van der Waals surface area contributed by atoms with Crippen molar-refractivity contribution in [2.45, 2.75) is 43.0 Å². The average molecular weight is 554 g/mol. The van der Waals surface area contributed by atoms with Gasteiger partial charge in [0.05, 0.1) is 0 Å². The lowest BCUT2D eigenvalue weighted by Gasteiger charge is -2.37. The standard InChI is InChI=1S/C21H32F2N4OS.HI/c1-24-20(25-15-21(29-2)8-11-28-12-9-21)26-16-5-4-10-27(13-16)14-17-18(22)6-3-7-19(17)23;/h3,6-7,16H,4-5,8-15H2,1-2H3,(H2,24,25,26);1H. The smallest absolute Gasteiger partial charge is 0.191 e. The molecular weight excluding hydrogens is 521 g/mol. The fraction of sp³-hybridized carbons (Fsp3) is 0.667. The van der Waals surface area contributed by atoms with E-state index in [-0.39, 0.29) is 46.9 Å². The van der Waals surface area contributed by atoms with Gasteiger partial charge in [-0.1, -0.05) is 6.07 Å². The van der Waals surface area contributed by atoms with Gasteiger partial charge < -0.3 is 15.4 Å². The molecule has 1 atom stereocenters. The molecule has 0 radical (unpaired) electrons. The fourth-order valence-electron chi connectivity index (χ4n) is 4.05. The van der Waals surface area contributed by atoms with E-state index in [1.165, 1.54) is 18.2 Å². The Morgan fingerprint density at radius 1 is 1.30 bits per heavy atom. The first kappa shape index (κ1) is 25.6. The summed E-state index contributed by atoms with van der Waals surface area (Å²) in [5, 5.41) is 6.99. The zero-order valence-corrected chi connectivity index (χ0v) is 20.9. The van der Waals surface area contributed by atoms with Gasteiger partial charge in [0.1, 0.15) is 11.6 Å². The highest BCUT2D eigenvalue weighted by molar-refractivity contribution is 14.0. The van der Waals surface area contributed by atoms with E-state index in [0.717, 1.165) is 64.5 Å². The van der Waals surface area contributed by atoms with Crippen LogP contribution in [0.1, 0.15) is 31.2 Å². The van der Waals surface area contributed by atoms with Crippen LogP contribution in [0.15, 0.2) is 23.2 Å². The summed E-state index contributed by atoms with van der Waals surface area (Å²) in [6.07, 6.45) is 6.21. The molecule has 0 aromatic heterocycles. The summed E-state index contributed by atoms with van der Waals surface area (Å²) >= 11 is 1.89. The van der Waals surface area contributed by atoms with Gasteiger partial charge in [0.15, 0.2) is 5.96 Å². The number of aliphatic imine (C=N–C) groups is 1. The van der Waals surface area contributed by atoms with E-state index in [2.05, 4.69) is 26.8 Å². The Labute approximate surface area is 199 Å². The highest BCUT2D eigenvalue weighted by Crippen LogP contribution is 2.33. The molecule has 170 valence electrons. The summed E-state index contributed by atoms with van der Waals surface area (Å²) in [4.78, 5) is 6.49. The highest BCUT2D eigenvalue weighted by Gasteiger charge is 2.32. The van der Waals surface area contributed by atoms with E-state index in [0.29, 0.717) is 0 Å². The molecule has 1 unspecified atom stereocenters. The molecule has 5 nitrogen and oxygen atoms in total. The lowest BCUT2D eigenvalue weighted by atomic mass is 9.99. The third-order valence-corrected chi connectivity index (χ3v) is 7.35. The third kappa shape index (κ3) is 6.93. The fourth-order valence-corrected chi connectivity index (χ4v) is 4.84. The van der Waals surface area contributed by atoms with E-state index >= 15 is 0 Å². The maximum absolute atomic E-state index is 14.0. The highest BCUT2D eigenvalue weighted by atomic mass is 127. The van der Waals surface area contributed by atoms with Crippen molar-refractivity contribution in [3.8, 4) is 0 Å². The second kappa shape index (κ2) is 12.4. The largest absolute Gasteiger partial charge is 0.381 e. The minimum absolute atomic E-state index is 0. The molecule has 30 heavy (non-hydrogen) atoms. The second-order valence-electron chi connectivity index (χ2n) is 7.84. The van der Waals surface area contributed by atoms with Crippen molar-refractivity contribution in [2.75, 3.05) is 46.2 Å². The van der Waals surface area contributed by atoms with Crippen molar-refractivity contribution < 1.29 is 13.5 Å². The zero-order chi connectivity index (χ0) is 20.7. The summed E-state index contributed by atoms with van der Waals surface area (Å²) in [5.41, 5.74) is 0.150. The molecule has 9 heteroatoms. The molecule has 2 heterocycles. The van der Waals surface area contributed by atoms with Gasteiger partial charge >= 0.3 is 0 Å². The molecule has 1 aromatic carbocycles. The van der Waals surface area contributed by atoms with Crippen LogP contribution in [0.4, 0.5) is 8.78 Å². The maximum Gasteiger partial charge on any atom is 0.191 e. The normalized spacial score (nSPS) is 22.3. The van der Waals surface area contributed by atoms with E-state index in [4.69, 9.17) is 4.74 Å². The average Bonchev–Trinajstić information content (AvgIpc) is 2.75. The van der Waals surface area contributed by atoms with Crippen molar-refractivity contribution in [2.24, 2.45) is 4.99 Å². The molecule has 2 aliphatic heterocycles. The van der Waals surface area contributed by atoms with Gasteiger partial charge in [0, 0.05) is 56.2 Å². The topological polar surface area (TPSA) is 48.9 Å². The van der Waals surface area contributed by atoms with Crippen molar-refractivity contribution in [3.05, 3.63) is 35.4 Å². The Bertz CT molecular complexity index is 683. The number of guanidine groups is 1. The molecule has 2 fully saturated rings. The summed E-state index contributed by atoms with van der Waals surface area (Å²) in [6, 6.07) is 4.25. The van der Waals surface area contributed by atoms with Crippen LogP contribution in [-0.4, -0.2) is 67.8 Å². The Morgan fingerprint density at radius 3 is 2.63 bits per heavy atom. The minimum Gasteiger partial charge on any atom is -0.381 e. The summed E-state index contributed by atoms with van der Waals surface area (Å²) in [7, 11) is 1.78. The van der Waals surface area contributed by atoms with Crippen molar-refractivity contribution in [1.29, 1.82) is 0 Å². The number of nitrogens with one attached hydrogen (secondary N) is 2. The van der Waals surface area contributed by atoms with Crippen LogP contribution in [0.25, 0.3) is 0 Å². The predicted molar refractivity (Wildman–Crippen MR) is 131 cm³/mol. The quantitative estimate of drug-likeness (QED) is 0.320. The lowest BCUT2D eigenvalue weighted by Crippen LogP contribution is -2.53. The Morgan fingerprint density at radius 2 is 2.00 bits per heavy atom. The van der Waals surface area contributed by atoms with E-state index in [9.17, 15) is 8.78 Å². The maximum atomic E-state index is 14.0. The Kier molecular flexibility index (Phi) is 10.6. The minimum atomic E-state index is -0.476. The molecule has 0 aliphatic carbocycles. The van der Waals surface area contributed by atoms with Crippen LogP contribution < -0.4 is 10.6 Å². The van der Waals surface area contributed by atoms with Crippen LogP contribution >= 0.6 is 35.7 Å². The number of halogens is 3. The van der Waals surface area contributed by atoms with Gasteiger partial charge in [-0.2, -0.15) is 11.8 Å². The summed E-state index contributed by atoms with van der Waals surface area (Å²) in [5.74, 6) is -0.165. The summed E-state index contributed by atoms with van der Waals surface area (Å²) < 4.78 is 33.7. The Balaban J connectivity index is 0.00000320. The molecule has 3 rings (SSSR count). The zero-order valence-electron chi connectivity index (χ0n) is 17.8. The number of piperidine rings is 1. The second-order valence-corrected chi connectivity index (χ2v) is 9.12. The van der Waals surface area contributed by atoms with Crippen LogP contribution in [-0.2, 0) is 11.3 Å². The molecule has 0 saturated carbocycles. The monoisotopic (exact) mass is 554 g/mol. The Hall–Kier alpha value is -0.650. The molecule has 2 aliphatic rings. The SMILES string of the molecule is CN=C(NCC1(SC)CCOCC1)NC1CCCN(Cc2c(F)cccc2F)C1.I. The summed E-state index contributed by atoms with van der Waals surface area (Å²) in [6.45, 7) is 4.31. The molecule has 1 aromatic rings. The molecule has 2 N–H and O–H groups in total. The number of hydrogen-bond acceptors (Lipinski definition) is 4. The molecular formula is C21H33F2IN4OS. The number of hydrogen-bond donors (Lipinski definition) is 2. The van der Waals surface area contributed by atoms with Crippen molar-refractivity contribution in [3.63, 3.8) is 0 Å². The molecule has 0 bridgehead atoms. The van der Waals surface area contributed by atoms with Gasteiger partial charge in [0.25, 0.3) is 0 Å². The number of benzene rings is 1. The predicted octanol–water partition coefficient (Wildman–Crippen LogP) is 3.62.